The van der Waals surface area contributed by atoms with Gasteiger partial charge in [0.2, 0.25) is 0 Å². The highest BCUT2D eigenvalue weighted by Gasteiger charge is 2.53. The molecule has 100 valence electrons. The lowest BCUT2D eigenvalue weighted by Crippen LogP contribution is -2.37. The van der Waals surface area contributed by atoms with Gasteiger partial charge in [-0.2, -0.15) is 5.06 Å². The van der Waals surface area contributed by atoms with E-state index in [1.807, 2.05) is 12.1 Å². The number of rotatable bonds is 1. The molecule has 1 unspecified atom stereocenters. The lowest BCUT2D eigenvalue weighted by Gasteiger charge is -2.32. The van der Waals surface area contributed by atoms with Gasteiger partial charge in [0.05, 0.1) is 5.54 Å². The molecular formula is C17H15NO2. The van der Waals surface area contributed by atoms with Crippen LogP contribution in [0.1, 0.15) is 17.5 Å². The molecule has 0 N–H and O–H groups in total. The van der Waals surface area contributed by atoms with Crippen molar-refractivity contribution in [3.05, 3.63) is 59.7 Å². The van der Waals surface area contributed by atoms with Crippen LogP contribution in [-0.2, 0) is 15.2 Å². The quantitative estimate of drug-likeness (QED) is 0.743. The van der Waals surface area contributed by atoms with Crippen LogP contribution >= 0.6 is 0 Å². The average molecular weight is 265 g/mol. The predicted molar refractivity (Wildman–Crippen MR) is 76.0 cm³/mol. The van der Waals surface area contributed by atoms with Crippen LogP contribution in [-0.4, -0.2) is 24.5 Å². The zero-order valence-electron chi connectivity index (χ0n) is 11.2. The van der Waals surface area contributed by atoms with E-state index in [1.165, 1.54) is 22.3 Å². The van der Waals surface area contributed by atoms with Gasteiger partial charge in [0.25, 0.3) is 0 Å². The second kappa shape index (κ2) is 4.01. The average Bonchev–Trinajstić information content (AvgIpc) is 2.98. The lowest BCUT2D eigenvalue weighted by atomic mass is 9.83. The number of nitrogens with zero attached hydrogens (tertiary/aromatic N) is 1. The van der Waals surface area contributed by atoms with E-state index in [9.17, 15) is 4.79 Å². The van der Waals surface area contributed by atoms with Crippen LogP contribution in [0.4, 0.5) is 0 Å². The van der Waals surface area contributed by atoms with Crippen molar-refractivity contribution >= 4 is 6.29 Å². The lowest BCUT2D eigenvalue weighted by molar-refractivity contribution is -0.164. The van der Waals surface area contributed by atoms with Crippen molar-refractivity contribution < 1.29 is 9.63 Å². The summed E-state index contributed by atoms with van der Waals surface area (Å²) in [6.07, 6.45) is 1.19. The van der Waals surface area contributed by atoms with Crippen molar-refractivity contribution in [3.63, 3.8) is 0 Å². The largest absolute Gasteiger partial charge is 0.300 e. The standard InChI is InChI=1S/C17H15NO2/c1-18-17(10-12(11-19)20-18)15-8-4-2-6-13(15)14-7-3-5-9-16(14)17/h2-9,11-12H,10H2,1H3. The Morgan fingerprint density at radius 2 is 1.65 bits per heavy atom. The Balaban J connectivity index is 2.03. The number of hydrogen-bond donors (Lipinski definition) is 0. The summed E-state index contributed by atoms with van der Waals surface area (Å²) in [5.74, 6) is 0. The molecule has 2 aromatic carbocycles. The summed E-state index contributed by atoms with van der Waals surface area (Å²) in [7, 11) is 1.92. The third kappa shape index (κ3) is 1.29. The van der Waals surface area contributed by atoms with Crippen molar-refractivity contribution in [2.45, 2.75) is 18.1 Å². The molecule has 0 radical (unpaired) electrons. The van der Waals surface area contributed by atoms with Crippen molar-refractivity contribution in [2.24, 2.45) is 0 Å². The highest BCUT2D eigenvalue weighted by atomic mass is 16.7. The Morgan fingerprint density at radius 3 is 2.15 bits per heavy atom. The number of fused-ring (bicyclic) bond motifs is 5. The van der Waals surface area contributed by atoms with Crippen molar-refractivity contribution in [3.8, 4) is 11.1 Å². The molecule has 0 aromatic heterocycles. The van der Waals surface area contributed by atoms with Gasteiger partial charge in [-0.05, 0) is 22.3 Å². The fourth-order valence-corrected chi connectivity index (χ4v) is 3.68. The maximum absolute atomic E-state index is 11.2. The SMILES string of the molecule is CN1OC(C=O)CC12c1ccccc1-c1ccccc12. The van der Waals surface area contributed by atoms with Crippen LogP contribution in [0.2, 0.25) is 0 Å². The number of aldehydes is 1. The smallest absolute Gasteiger partial charge is 0.150 e. The van der Waals surface area contributed by atoms with E-state index in [2.05, 4.69) is 48.5 Å². The maximum atomic E-state index is 11.2. The summed E-state index contributed by atoms with van der Waals surface area (Å²) in [4.78, 5) is 16.9. The van der Waals surface area contributed by atoms with E-state index < -0.39 is 0 Å². The number of hydrogen-bond acceptors (Lipinski definition) is 3. The Bertz CT molecular complexity index is 649. The molecule has 1 spiro atoms. The molecule has 0 amide bonds. The van der Waals surface area contributed by atoms with Crippen molar-refractivity contribution in [1.82, 2.24) is 5.06 Å². The molecule has 1 fully saturated rings. The van der Waals surface area contributed by atoms with E-state index in [-0.39, 0.29) is 11.6 Å². The Kier molecular flexibility index (Phi) is 2.37. The van der Waals surface area contributed by atoms with E-state index in [0.717, 1.165) is 6.29 Å². The first-order chi connectivity index (χ1) is 9.77. The Hall–Kier alpha value is -1.97. The van der Waals surface area contributed by atoms with Crippen LogP contribution in [0.3, 0.4) is 0 Å². The molecule has 1 atom stereocenters. The summed E-state index contributed by atoms with van der Waals surface area (Å²) in [6, 6.07) is 16.8. The van der Waals surface area contributed by atoms with Gasteiger partial charge < -0.3 is 4.79 Å². The highest BCUT2D eigenvalue weighted by Crippen LogP contribution is 2.55. The van der Waals surface area contributed by atoms with Gasteiger partial charge in [-0.3, -0.25) is 4.84 Å². The van der Waals surface area contributed by atoms with Gasteiger partial charge in [-0.1, -0.05) is 48.5 Å². The molecule has 3 heteroatoms. The van der Waals surface area contributed by atoms with Crippen LogP contribution in [0.25, 0.3) is 11.1 Å². The highest BCUT2D eigenvalue weighted by molar-refractivity contribution is 5.81. The summed E-state index contributed by atoms with van der Waals surface area (Å²) in [5.41, 5.74) is 4.61. The van der Waals surface area contributed by atoms with E-state index in [4.69, 9.17) is 4.84 Å². The zero-order valence-corrected chi connectivity index (χ0v) is 11.2. The van der Waals surface area contributed by atoms with Gasteiger partial charge in [-0.15, -0.1) is 0 Å². The second-order valence-electron chi connectivity index (χ2n) is 5.43. The Morgan fingerprint density at radius 1 is 1.10 bits per heavy atom. The fourth-order valence-electron chi connectivity index (χ4n) is 3.68. The summed E-state index contributed by atoms with van der Waals surface area (Å²) in [6.45, 7) is 0. The molecule has 0 bridgehead atoms. The first-order valence-electron chi connectivity index (χ1n) is 6.82. The molecule has 1 aliphatic carbocycles. The third-order valence-corrected chi connectivity index (χ3v) is 4.51. The van der Waals surface area contributed by atoms with Crippen molar-refractivity contribution in [1.29, 1.82) is 0 Å². The molecule has 1 saturated heterocycles. The monoisotopic (exact) mass is 265 g/mol. The molecule has 3 nitrogen and oxygen atoms in total. The minimum Gasteiger partial charge on any atom is -0.300 e. The number of benzene rings is 2. The van der Waals surface area contributed by atoms with Crippen LogP contribution in [0.15, 0.2) is 48.5 Å². The number of carbonyl (C=O) groups excluding carboxylic acids is 1. The molecule has 1 aliphatic heterocycles. The molecule has 20 heavy (non-hydrogen) atoms. The Labute approximate surface area is 117 Å². The van der Waals surface area contributed by atoms with Gasteiger partial charge in [0, 0.05) is 13.5 Å². The first kappa shape index (κ1) is 11.8. The fraction of sp³-hybridized carbons (Fsp3) is 0.235. The third-order valence-electron chi connectivity index (χ3n) is 4.51. The molecule has 2 aromatic rings. The topological polar surface area (TPSA) is 29.5 Å². The van der Waals surface area contributed by atoms with Crippen molar-refractivity contribution in [2.75, 3.05) is 7.05 Å². The molecule has 2 aliphatic rings. The molecular weight excluding hydrogens is 250 g/mol. The van der Waals surface area contributed by atoms with Gasteiger partial charge >= 0.3 is 0 Å². The molecule has 0 saturated carbocycles. The summed E-state index contributed by atoms with van der Waals surface area (Å²) in [5, 5.41) is 1.86. The first-order valence-corrected chi connectivity index (χ1v) is 6.82. The summed E-state index contributed by atoms with van der Waals surface area (Å²) < 4.78 is 0. The summed E-state index contributed by atoms with van der Waals surface area (Å²) >= 11 is 0. The second-order valence-corrected chi connectivity index (χ2v) is 5.43. The van der Waals surface area contributed by atoms with E-state index in [1.54, 1.807) is 0 Å². The minimum atomic E-state index is -0.376. The maximum Gasteiger partial charge on any atom is 0.150 e. The number of hydroxylamine groups is 2. The zero-order chi connectivity index (χ0) is 13.7. The molecule has 4 rings (SSSR count). The van der Waals surface area contributed by atoms with Gasteiger partial charge in [0.1, 0.15) is 6.10 Å². The minimum absolute atomic E-state index is 0.335. The van der Waals surface area contributed by atoms with Crippen LogP contribution in [0.5, 0.6) is 0 Å². The molecule has 1 heterocycles. The predicted octanol–water partition coefficient (Wildman–Crippen LogP) is 2.75. The van der Waals surface area contributed by atoms with Crippen LogP contribution < -0.4 is 0 Å². The van der Waals surface area contributed by atoms with Gasteiger partial charge in [0.15, 0.2) is 6.29 Å². The van der Waals surface area contributed by atoms with Crippen LogP contribution in [0, 0.1) is 0 Å². The van der Waals surface area contributed by atoms with E-state index in [0.29, 0.717) is 6.42 Å². The van der Waals surface area contributed by atoms with E-state index >= 15 is 0 Å². The number of carbonyl (C=O) groups is 1. The van der Waals surface area contributed by atoms with Gasteiger partial charge in [-0.25, -0.2) is 0 Å². The normalized spacial score (nSPS) is 22.8.